The van der Waals surface area contributed by atoms with E-state index in [2.05, 4.69) is 5.32 Å². The van der Waals surface area contributed by atoms with Crippen molar-refractivity contribution in [3.05, 3.63) is 107 Å². The summed E-state index contributed by atoms with van der Waals surface area (Å²) in [6.45, 7) is 0.176. The largest absolute Gasteiger partial charge is 0.352 e. The number of nitrogens with zero attached hydrogens (tertiary/aromatic N) is 1. The second kappa shape index (κ2) is 13.4. The van der Waals surface area contributed by atoms with Crippen LogP contribution in [-0.2, 0) is 28.3 Å². The van der Waals surface area contributed by atoms with Crippen LogP contribution in [0, 0.1) is 11.6 Å². The number of rotatable bonds is 11. The zero-order valence-corrected chi connectivity index (χ0v) is 21.6. The third-order valence-electron chi connectivity index (χ3n) is 6.68. The number of carbonyl (C=O) groups is 2. The van der Waals surface area contributed by atoms with Gasteiger partial charge in [-0.1, -0.05) is 73.5 Å². The third kappa shape index (κ3) is 7.89. The molecule has 0 aromatic heterocycles. The number of amides is 2. The molecular weight excluding hydrogens is 490 g/mol. The molecule has 1 fully saturated rings. The van der Waals surface area contributed by atoms with Crippen molar-refractivity contribution in [3.8, 4) is 0 Å². The van der Waals surface area contributed by atoms with Crippen molar-refractivity contribution in [2.45, 2.75) is 56.5 Å². The average molecular weight is 523 g/mol. The van der Waals surface area contributed by atoms with Gasteiger partial charge in [0.05, 0.1) is 5.75 Å². The van der Waals surface area contributed by atoms with E-state index in [9.17, 15) is 18.4 Å². The molecule has 1 atom stereocenters. The smallest absolute Gasteiger partial charge is 0.243 e. The number of halogens is 2. The molecular formula is C30H32F2N2O2S. The molecule has 1 aliphatic rings. The Balaban J connectivity index is 1.56. The van der Waals surface area contributed by atoms with Crippen LogP contribution in [-0.4, -0.2) is 34.6 Å². The van der Waals surface area contributed by atoms with Crippen LogP contribution in [0.25, 0.3) is 0 Å². The van der Waals surface area contributed by atoms with Gasteiger partial charge in [-0.05, 0) is 47.7 Å². The van der Waals surface area contributed by atoms with E-state index in [4.69, 9.17) is 0 Å². The molecule has 0 saturated heterocycles. The first-order valence-corrected chi connectivity index (χ1v) is 13.8. The molecule has 0 aliphatic heterocycles. The summed E-state index contributed by atoms with van der Waals surface area (Å²) >= 11 is 1.32. The number of benzene rings is 3. The normalized spacial score (nSPS) is 14.3. The Labute approximate surface area is 221 Å². The van der Waals surface area contributed by atoms with Crippen molar-refractivity contribution < 1.29 is 18.4 Å². The number of hydrogen-bond donors (Lipinski definition) is 1. The summed E-state index contributed by atoms with van der Waals surface area (Å²) in [4.78, 5) is 28.8. The molecule has 194 valence electrons. The molecule has 1 N–H and O–H groups in total. The van der Waals surface area contributed by atoms with Crippen molar-refractivity contribution in [3.63, 3.8) is 0 Å². The second-order valence-electron chi connectivity index (χ2n) is 9.43. The summed E-state index contributed by atoms with van der Waals surface area (Å²) in [6.07, 6.45) is 4.41. The van der Waals surface area contributed by atoms with Gasteiger partial charge in [-0.15, -0.1) is 11.8 Å². The minimum atomic E-state index is -0.727. The van der Waals surface area contributed by atoms with Gasteiger partial charge in [0.25, 0.3) is 0 Å². The number of thioether (sulfide) groups is 1. The molecule has 3 aromatic rings. The van der Waals surface area contributed by atoms with Crippen LogP contribution in [0.1, 0.15) is 42.4 Å². The van der Waals surface area contributed by atoms with Gasteiger partial charge in [-0.3, -0.25) is 9.59 Å². The fourth-order valence-corrected chi connectivity index (χ4v) is 5.55. The monoisotopic (exact) mass is 522 g/mol. The van der Waals surface area contributed by atoms with Gasteiger partial charge in [0, 0.05) is 24.8 Å². The fraction of sp³-hybridized carbons (Fsp3) is 0.333. The molecule has 2 amide bonds. The Morgan fingerprint density at radius 1 is 0.892 bits per heavy atom. The Morgan fingerprint density at radius 2 is 1.57 bits per heavy atom. The van der Waals surface area contributed by atoms with E-state index in [1.54, 1.807) is 35.2 Å². The number of hydrogen-bond acceptors (Lipinski definition) is 3. The molecule has 4 rings (SSSR count). The summed E-state index contributed by atoms with van der Waals surface area (Å²) in [5, 5.41) is 3.17. The SMILES string of the molecule is O=C(NC1CCCC1)[C@H](Cc1ccccc1)N(Cc1ccc(F)cc1)C(=O)CSCc1ccccc1F. The maximum absolute atomic E-state index is 14.1. The Bertz CT molecular complexity index is 1170. The molecule has 7 heteroatoms. The molecule has 0 radical (unpaired) electrons. The van der Waals surface area contributed by atoms with Crippen LogP contribution in [0.3, 0.4) is 0 Å². The summed E-state index contributed by atoms with van der Waals surface area (Å²) in [7, 11) is 0. The van der Waals surface area contributed by atoms with Crippen molar-refractivity contribution in [2.75, 3.05) is 5.75 Å². The van der Waals surface area contributed by atoms with Gasteiger partial charge >= 0.3 is 0 Å². The molecule has 1 aliphatic carbocycles. The molecule has 1 saturated carbocycles. The highest BCUT2D eigenvalue weighted by Crippen LogP contribution is 2.22. The Hall–Kier alpha value is -3.19. The van der Waals surface area contributed by atoms with Gasteiger partial charge in [0.15, 0.2) is 0 Å². The van der Waals surface area contributed by atoms with Crippen LogP contribution < -0.4 is 5.32 Å². The van der Waals surface area contributed by atoms with Crippen molar-refractivity contribution in [1.29, 1.82) is 0 Å². The highest BCUT2D eigenvalue weighted by molar-refractivity contribution is 7.99. The highest BCUT2D eigenvalue weighted by Gasteiger charge is 2.32. The topological polar surface area (TPSA) is 49.4 Å². The Morgan fingerprint density at radius 3 is 2.27 bits per heavy atom. The zero-order chi connectivity index (χ0) is 26.0. The van der Waals surface area contributed by atoms with E-state index >= 15 is 0 Å². The second-order valence-corrected chi connectivity index (χ2v) is 10.4. The summed E-state index contributed by atoms with van der Waals surface area (Å²) in [5.74, 6) is -0.610. The van der Waals surface area contributed by atoms with Crippen LogP contribution in [0.2, 0.25) is 0 Å². The first-order valence-electron chi connectivity index (χ1n) is 12.7. The molecule has 37 heavy (non-hydrogen) atoms. The van der Waals surface area contributed by atoms with Crippen LogP contribution in [0.5, 0.6) is 0 Å². The van der Waals surface area contributed by atoms with E-state index in [-0.39, 0.29) is 41.8 Å². The predicted octanol–water partition coefficient (Wildman–Crippen LogP) is 5.90. The summed E-state index contributed by atoms with van der Waals surface area (Å²) in [5.41, 5.74) is 2.22. The molecule has 3 aromatic carbocycles. The average Bonchev–Trinajstić information content (AvgIpc) is 3.42. The van der Waals surface area contributed by atoms with Crippen molar-refractivity contribution >= 4 is 23.6 Å². The van der Waals surface area contributed by atoms with E-state index < -0.39 is 6.04 Å². The molecule has 0 unspecified atom stereocenters. The molecule has 0 heterocycles. The minimum Gasteiger partial charge on any atom is -0.352 e. The standard InChI is InChI=1S/C30H32F2N2O2S/c31-25-16-14-23(15-17-25)19-34(29(35)21-37-20-24-10-4-7-13-27(24)32)28(18-22-8-2-1-3-9-22)30(36)33-26-11-5-6-12-26/h1-4,7-10,13-17,26,28H,5-6,11-12,18-21H2,(H,33,36)/t28-/m0/s1. The lowest BCUT2D eigenvalue weighted by molar-refractivity contribution is -0.139. The maximum Gasteiger partial charge on any atom is 0.243 e. The van der Waals surface area contributed by atoms with Gasteiger partial charge in [-0.2, -0.15) is 0 Å². The van der Waals surface area contributed by atoms with Gasteiger partial charge in [-0.25, -0.2) is 8.78 Å². The lowest BCUT2D eigenvalue weighted by Crippen LogP contribution is -2.52. The van der Waals surface area contributed by atoms with Gasteiger partial charge < -0.3 is 10.2 Å². The van der Waals surface area contributed by atoms with E-state index in [1.807, 2.05) is 30.3 Å². The van der Waals surface area contributed by atoms with Gasteiger partial charge in [0.2, 0.25) is 11.8 Å². The molecule has 4 nitrogen and oxygen atoms in total. The van der Waals surface area contributed by atoms with Crippen molar-refractivity contribution in [2.24, 2.45) is 0 Å². The lowest BCUT2D eigenvalue weighted by Gasteiger charge is -2.32. The number of carbonyl (C=O) groups excluding carboxylic acids is 2. The predicted molar refractivity (Wildman–Crippen MR) is 144 cm³/mol. The Kier molecular flexibility index (Phi) is 9.71. The van der Waals surface area contributed by atoms with E-state index in [0.717, 1.165) is 36.8 Å². The fourth-order valence-electron chi connectivity index (χ4n) is 4.65. The lowest BCUT2D eigenvalue weighted by atomic mass is 10.0. The quantitative estimate of drug-likeness (QED) is 0.341. The number of nitrogens with one attached hydrogen (secondary N) is 1. The van der Waals surface area contributed by atoms with E-state index in [1.165, 1.54) is 30.0 Å². The minimum absolute atomic E-state index is 0.0948. The first kappa shape index (κ1) is 26.9. The molecule has 0 bridgehead atoms. The van der Waals surface area contributed by atoms with Crippen LogP contribution >= 0.6 is 11.8 Å². The maximum atomic E-state index is 14.1. The van der Waals surface area contributed by atoms with Crippen molar-refractivity contribution in [1.82, 2.24) is 10.2 Å². The highest BCUT2D eigenvalue weighted by atomic mass is 32.2. The van der Waals surface area contributed by atoms with Crippen LogP contribution in [0.4, 0.5) is 8.78 Å². The summed E-state index contributed by atoms with van der Waals surface area (Å²) in [6, 6.07) is 21.5. The summed E-state index contributed by atoms with van der Waals surface area (Å²) < 4.78 is 27.6. The van der Waals surface area contributed by atoms with Gasteiger partial charge in [0.1, 0.15) is 17.7 Å². The van der Waals surface area contributed by atoms with Crippen LogP contribution in [0.15, 0.2) is 78.9 Å². The molecule has 0 spiro atoms. The first-order chi connectivity index (χ1) is 18.0. The van der Waals surface area contributed by atoms with E-state index in [0.29, 0.717) is 17.7 Å². The third-order valence-corrected chi connectivity index (χ3v) is 7.65. The zero-order valence-electron chi connectivity index (χ0n) is 20.7.